The number of nitrogens with zero attached hydrogens (tertiary/aromatic N) is 2. The van der Waals surface area contributed by atoms with Crippen molar-refractivity contribution in [1.29, 1.82) is 0 Å². The highest BCUT2D eigenvalue weighted by atomic mass is 32.2. The van der Waals surface area contributed by atoms with Gasteiger partial charge in [-0.15, -0.1) is 11.8 Å². The van der Waals surface area contributed by atoms with Crippen molar-refractivity contribution in [1.82, 2.24) is 9.97 Å². The van der Waals surface area contributed by atoms with Crippen LogP contribution in [0.2, 0.25) is 0 Å². The fourth-order valence-electron chi connectivity index (χ4n) is 2.65. The zero-order chi connectivity index (χ0) is 13.9. The Kier molecular flexibility index (Phi) is 5.04. The van der Waals surface area contributed by atoms with Crippen molar-refractivity contribution in [3.8, 4) is 0 Å². The van der Waals surface area contributed by atoms with Gasteiger partial charge >= 0.3 is 0 Å². The lowest BCUT2D eigenvalue weighted by Gasteiger charge is -2.29. The molecule has 1 aromatic heterocycles. The Morgan fingerprint density at radius 3 is 2.80 bits per heavy atom. The molecule has 2 aliphatic heterocycles. The van der Waals surface area contributed by atoms with Crippen LogP contribution < -0.4 is 5.32 Å². The van der Waals surface area contributed by atoms with E-state index in [1.807, 2.05) is 23.5 Å². The molecule has 110 valence electrons. The minimum Gasteiger partial charge on any atom is -0.370 e. The molecule has 20 heavy (non-hydrogen) atoms. The van der Waals surface area contributed by atoms with Gasteiger partial charge in [0.2, 0.25) is 0 Å². The maximum absolute atomic E-state index is 4.91. The lowest BCUT2D eigenvalue weighted by atomic mass is 10.2. The van der Waals surface area contributed by atoms with Crippen LogP contribution >= 0.6 is 35.3 Å². The predicted molar refractivity (Wildman–Crippen MR) is 92.9 cm³/mol. The van der Waals surface area contributed by atoms with Crippen molar-refractivity contribution in [3.63, 3.8) is 0 Å². The van der Waals surface area contributed by atoms with Crippen molar-refractivity contribution in [2.45, 2.75) is 42.3 Å². The van der Waals surface area contributed by atoms with E-state index >= 15 is 0 Å². The SMILES string of the molecule is CCNc1nc(C2SCCSC2CC)nc2c1CSC2. The summed E-state index contributed by atoms with van der Waals surface area (Å²) in [6, 6.07) is 0. The standard InChI is InChI=1S/C14H21N3S3/c1-3-11-12(20-6-5-19-11)14-16-10-8-18-7-9(10)13(17-14)15-4-2/h11-12H,3-8H2,1-2H3,(H,15,16,17). The summed E-state index contributed by atoms with van der Waals surface area (Å²) in [5.74, 6) is 6.74. The van der Waals surface area contributed by atoms with Crippen molar-refractivity contribution in [2.75, 3.05) is 23.4 Å². The lowest BCUT2D eigenvalue weighted by molar-refractivity contribution is 0.743. The second-order valence-corrected chi connectivity index (χ2v) is 8.57. The highest BCUT2D eigenvalue weighted by Crippen LogP contribution is 2.44. The van der Waals surface area contributed by atoms with Crippen LogP contribution in [0.4, 0.5) is 5.82 Å². The number of anilines is 1. The molecule has 2 unspecified atom stereocenters. The number of hydrogen-bond donors (Lipinski definition) is 1. The monoisotopic (exact) mass is 327 g/mol. The fourth-order valence-corrected chi connectivity index (χ4v) is 6.69. The Labute approximate surface area is 133 Å². The molecule has 3 rings (SSSR count). The van der Waals surface area contributed by atoms with E-state index in [-0.39, 0.29) is 0 Å². The van der Waals surface area contributed by atoms with E-state index in [9.17, 15) is 0 Å². The fraction of sp³-hybridized carbons (Fsp3) is 0.714. The van der Waals surface area contributed by atoms with E-state index in [4.69, 9.17) is 9.97 Å². The molecule has 1 saturated heterocycles. The number of rotatable bonds is 4. The topological polar surface area (TPSA) is 37.8 Å². The van der Waals surface area contributed by atoms with Crippen molar-refractivity contribution >= 4 is 41.1 Å². The summed E-state index contributed by atoms with van der Waals surface area (Å²) in [5, 5.41) is 4.57. The summed E-state index contributed by atoms with van der Waals surface area (Å²) in [4.78, 5) is 9.80. The third kappa shape index (κ3) is 2.92. The van der Waals surface area contributed by atoms with Crippen LogP contribution in [0.25, 0.3) is 0 Å². The second kappa shape index (κ2) is 6.79. The maximum atomic E-state index is 4.91. The normalized spacial score (nSPS) is 25.5. The molecule has 2 atom stereocenters. The highest BCUT2D eigenvalue weighted by molar-refractivity contribution is 8.06. The molecule has 0 saturated carbocycles. The summed E-state index contributed by atoms with van der Waals surface area (Å²) in [6.45, 7) is 5.35. The van der Waals surface area contributed by atoms with Gasteiger partial charge in [-0.05, 0) is 13.3 Å². The van der Waals surface area contributed by atoms with Crippen LogP contribution in [0, 0.1) is 0 Å². The minimum absolute atomic E-state index is 0.465. The Hall–Kier alpha value is -0.0700. The Morgan fingerprint density at radius 1 is 1.15 bits per heavy atom. The molecular formula is C14H21N3S3. The van der Waals surface area contributed by atoms with Crippen molar-refractivity contribution < 1.29 is 0 Å². The van der Waals surface area contributed by atoms with Crippen molar-refractivity contribution in [2.24, 2.45) is 0 Å². The van der Waals surface area contributed by atoms with Crippen molar-refractivity contribution in [3.05, 3.63) is 17.1 Å². The first-order chi connectivity index (χ1) is 9.83. The number of thioether (sulfide) groups is 3. The average Bonchev–Trinajstić information content (AvgIpc) is 2.96. The molecule has 6 heteroatoms. The van der Waals surface area contributed by atoms with Gasteiger partial charge < -0.3 is 5.32 Å². The summed E-state index contributed by atoms with van der Waals surface area (Å²) >= 11 is 6.08. The molecule has 3 heterocycles. The molecule has 0 aromatic carbocycles. The van der Waals surface area contributed by atoms with E-state index in [1.165, 1.54) is 29.2 Å². The van der Waals surface area contributed by atoms with Gasteiger partial charge in [0, 0.05) is 40.4 Å². The summed E-state index contributed by atoms with van der Waals surface area (Å²) in [7, 11) is 0. The van der Waals surface area contributed by atoms with E-state index in [0.29, 0.717) is 10.5 Å². The van der Waals surface area contributed by atoms with Gasteiger partial charge in [-0.2, -0.15) is 23.5 Å². The molecule has 0 aliphatic carbocycles. The van der Waals surface area contributed by atoms with Crippen LogP contribution in [0.5, 0.6) is 0 Å². The minimum atomic E-state index is 0.465. The molecule has 2 aliphatic rings. The summed E-state index contributed by atoms with van der Waals surface area (Å²) < 4.78 is 0. The van der Waals surface area contributed by atoms with Crippen LogP contribution in [0.1, 0.15) is 42.6 Å². The summed E-state index contributed by atoms with van der Waals surface area (Å²) in [6.07, 6.45) is 1.20. The van der Waals surface area contributed by atoms with Crippen LogP contribution in [0.3, 0.4) is 0 Å². The number of nitrogens with one attached hydrogen (secondary N) is 1. The van der Waals surface area contributed by atoms with Gasteiger partial charge in [0.05, 0.1) is 10.9 Å². The van der Waals surface area contributed by atoms with Gasteiger partial charge in [0.15, 0.2) is 0 Å². The molecule has 1 N–H and O–H groups in total. The molecule has 1 aromatic rings. The third-order valence-corrected chi connectivity index (χ3v) is 7.86. The van der Waals surface area contributed by atoms with Gasteiger partial charge in [-0.1, -0.05) is 6.92 Å². The molecule has 0 radical (unpaired) electrons. The van der Waals surface area contributed by atoms with E-state index < -0.39 is 0 Å². The molecular weight excluding hydrogens is 306 g/mol. The smallest absolute Gasteiger partial charge is 0.145 e. The largest absolute Gasteiger partial charge is 0.370 e. The van der Waals surface area contributed by atoms with Gasteiger partial charge in [-0.25, -0.2) is 9.97 Å². The highest BCUT2D eigenvalue weighted by Gasteiger charge is 2.31. The summed E-state index contributed by atoms with van der Waals surface area (Å²) in [5.41, 5.74) is 2.60. The number of fused-ring (bicyclic) bond motifs is 1. The molecule has 0 bridgehead atoms. The quantitative estimate of drug-likeness (QED) is 0.902. The predicted octanol–water partition coefficient (Wildman–Crippen LogP) is 3.95. The Morgan fingerprint density at radius 2 is 2.00 bits per heavy atom. The average molecular weight is 328 g/mol. The van der Waals surface area contributed by atoms with Crippen LogP contribution in [0.15, 0.2) is 0 Å². The van der Waals surface area contributed by atoms with Gasteiger partial charge in [0.1, 0.15) is 11.6 Å². The molecule has 1 fully saturated rings. The Bertz CT molecular complexity index is 481. The van der Waals surface area contributed by atoms with Crippen LogP contribution in [-0.4, -0.2) is 33.3 Å². The van der Waals surface area contributed by atoms with Crippen LogP contribution in [-0.2, 0) is 11.5 Å². The van der Waals surface area contributed by atoms with Gasteiger partial charge in [-0.3, -0.25) is 0 Å². The van der Waals surface area contributed by atoms with E-state index in [0.717, 1.165) is 29.7 Å². The maximum Gasteiger partial charge on any atom is 0.145 e. The van der Waals surface area contributed by atoms with Gasteiger partial charge in [0.25, 0.3) is 0 Å². The second-order valence-electron chi connectivity index (χ2n) is 4.99. The lowest BCUT2D eigenvalue weighted by Crippen LogP contribution is -2.21. The first-order valence-corrected chi connectivity index (χ1v) is 10.5. The Balaban J connectivity index is 1.94. The molecule has 0 amide bonds. The third-order valence-electron chi connectivity index (χ3n) is 3.65. The molecule has 0 spiro atoms. The zero-order valence-corrected chi connectivity index (χ0v) is 14.5. The van der Waals surface area contributed by atoms with E-state index in [1.54, 1.807) is 0 Å². The first kappa shape index (κ1) is 14.9. The van der Waals surface area contributed by atoms with E-state index in [2.05, 4.69) is 30.9 Å². The number of hydrogen-bond acceptors (Lipinski definition) is 6. The first-order valence-electron chi connectivity index (χ1n) is 7.28. The molecule has 3 nitrogen and oxygen atoms in total. The zero-order valence-electron chi connectivity index (χ0n) is 12.0. The number of aromatic nitrogens is 2.